The molecule has 2 N–H and O–H groups in total. The molecule has 3 atom stereocenters. The predicted octanol–water partition coefficient (Wildman–Crippen LogP) is 0.119. The van der Waals surface area contributed by atoms with E-state index >= 15 is 0 Å². The van der Waals surface area contributed by atoms with Crippen LogP contribution in [0.15, 0.2) is 0 Å². The first kappa shape index (κ1) is 27.3. The van der Waals surface area contributed by atoms with E-state index in [-0.39, 0.29) is 26.1 Å². The molecule has 0 saturated carbocycles. The molecular formula is C18H29NO11. The van der Waals surface area contributed by atoms with Crippen molar-refractivity contribution in [2.45, 2.75) is 72.2 Å². The van der Waals surface area contributed by atoms with Crippen LogP contribution in [-0.2, 0) is 47.7 Å². The number of hydrogen-bond acceptors (Lipinski definition) is 10. The number of hydrogen-bond donors (Lipinski definition) is 2. The van der Waals surface area contributed by atoms with Crippen LogP contribution < -0.4 is 5.32 Å². The Morgan fingerprint density at radius 2 is 1.47 bits per heavy atom. The fourth-order valence-electron chi connectivity index (χ4n) is 2.15. The predicted molar refractivity (Wildman–Crippen MR) is 98.7 cm³/mol. The zero-order valence-electron chi connectivity index (χ0n) is 17.7. The van der Waals surface area contributed by atoms with Crippen molar-refractivity contribution in [1.29, 1.82) is 0 Å². The molecule has 172 valence electrons. The number of carboxylic acids is 1. The Labute approximate surface area is 174 Å². The SMILES string of the molecule is CC(=O)NC(C(OC(C)=O)OC(C)=O)[C@H](OCCCC(=O)O)OC(C)COC(C)=O. The average molecular weight is 435 g/mol. The first-order valence-electron chi connectivity index (χ1n) is 9.16. The van der Waals surface area contributed by atoms with Gasteiger partial charge in [0.25, 0.3) is 6.29 Å². The molecular weight excluding hydrogens is 406 g/mol. The fraction of sp³-hybridized carbons (Fsp3) is 0.722. The summed E-state index contributed by atoms with van der Waals surface area (Å²) in [6.07, 6.45) is -3.72. The van der Waals surface area contributed by atoms with Crippen molar-refractivity contribution in [2.75, 3.05) is 13.2 Å². The Kier molecular flexibility index (Phi) is 13.0. The normalized spacial score (nSPS) is 13.7. The van der Waals surface area contributed by atoms with Gasteiger partial charge in [-0.25, -0.2) is 0 Å². The van der Waals surface area contributed by atoms with E-state index < -0.39 is 54.5 Å². The Morgan fingerprint density at radius 1 is 0.900 bits per heavy atom. The molecule has 0 bridgehead atoms. The summed E-state index contributed by atoms with van der Waals surface area (Å²) < 4.78 is 26.1. The fourth-order valence-corrected chi connectivity index (χ4v) is 2.15. The van der Waals surface area contributed by atoms with Crippen LogP contribution in [0.1, 0.15) is 47.5 Å². The van der Waals surface area contributed by atoms with Gasteiger partial charge in [-0.3, -0.25) is 24.0 Å². The van der Waals surface area contributed by atoms with Crippen molar-refractivity contribution < 1.29 is 52.8 Å². The maximum atomic E-state index is 11.7. The minimum Gasteiger partial charge on any atom is -0.481 e. The summed E-state index contributed by atoms with van der Waals surface area (Å²) in [6.45, 7) is 5.85. The van der Waals surface area contributed by atoms with Gasteiger partial charge in [0.2, 0.25) is 5.91 Å². The van der Waals surface area contributed by atoms with E-state index in [0.717, 1.165) is 13.8 Å². The third-order valence-corrected chi connectivity index (χ3v) is 3.23. The zero-order chi connectivity index (χ0) is 23.3. The number of nitrogens with one attached hydrogen (secondary N) is 1. The van der Waals surface area contributed by atoms with Crippen LogP contribution in [0.25, 0.3) is 0 Å². The lowest BCUT2D eigenvalue weighted by Crippen LogP contribution is -2.55. The summed E-state index contributed by atoms with van der Waals surface area (Å²) in [7, 11) is 0. The molecule has 0 aromatic rings. The van der Waals surface area contributed by atoms with Crippen LogP contribution in [0.2, 0.25) is 0 Å². The van der Waals surface area contributed by atoms with Crippen molar-refractivity contribution in [1.82, 2.24) is 5.32 Å². The lowest BCUT2D eigenvalue weighted by Gasteiger charge is -2.33. The van der Waals surface area contributed by atoms with E-state index in [4.69, 9.17) is 28.8 Å². The quantitative estimate of drug-likeness (QED) is 0.216. The lowest BCUT2D eigenvalue weighted by atomic mass is 10.2. The molecule has 0 aliphatic heterocycles. The molecule has 0 aromatic heterocycles. The monoisotopic (exact) mass is 435 g/mol. The highest BCUT2D eigenvalue weighted by Gasteiger charge is 2.37. The number of carbonyl (C=O) groups is 5. The molecule has 0 aliphatic rings. The molecule has 0 spiro atoms. The van der Waals surface area contributed by atoms with Gasteiger partial charge in [-0.15, -0.1) is 0 Å². The van der Waals surface area contributed by atoms with Crippen LogP contribution >= 0.6 is 0 Å². The highest BCUT2D eigenvalue weighted by Crippen LogP contribution is 2.15. The average Bonchev–Trinajstić information content (AvgIpc) is 2.58. The van der Waals surface area contributed by atoms with Crippen molar-refractivity contribution in [3.05, 3.63) is 0 Å². The number of carboxylic acid groups (broad SMARTS) is 1. The van der Waals surface area contributed by atoms with E-state index in [1.54, 1.807) is 6.92 Å². The summed E-state index contributed by atoms with van der Waals surface area (Å²) in [5.74, 6) is -3.74. The summed E-state index contributed by atoms with van der Waals surface area (Å²) >= 11 is 0. The minimum absolute atomic E-state index is 0.0970. The van der Waals surface area contributed by atoms with E-state index in [1.807, 2.05) is 0 Å². The Hall–Kier alpha value is -2.73. The van der Waals surface area contributed by atoms with E-state index in [1.165, 1.54) is 13.8 Å². The minimum atomic E-state index is -1.59. The number of amides is 1. The highest BCUT2D eigenvalue weighted by molar-refractivity contribution is 5.73. The molecule has 30 heavy (non-hydrogen) atoms. The molecule has 0 heterocycles. The van der Waals surface area contributed by atoms with Crippen LogP contribution in [0, 0.1) is 0 Å². The van der Waals surface area contributed by atoms with Crippen molar-refractivity contribution >= 4 is 29.8 Å². The van der Waals surface area contributed by atoms with Gasteiger partial charge >= 0.3 is 23.9 Å². The second kappa shape index (κ2) is 14.3. The molecule has 0 radical (unpaired) electrons. The second-order valence-electron chi connectivity index (χ2n) is 6.30. The van der Waals surface area contributed by atoms with Gasteiger partial charge in [0, 0.05) is 34.1 Å². The largest absolute Gasteiger partial charge is 0.481 e. The van der Waals surface area contributed by atoms with Gasteiger partial charge in [0.15, 0.2) is 12.3 Å². The number of rotatable bonds is 14. The third-order valence-electron chi connectivity index (χ3n) is 3.23. The standard InChI is InChI=1S/C18H29NO11/c1-10(9-27-12(3)21)28-17(26-8-6-7-15(24)25)16(19-11(2)20)18(29-13(4)22)30-14(5)23/h10,16-18H,6-9H2,1-5H3,(H,19,20)(H,24,25)/t10?,16?,17-/m1/s1. The number of ether oxygens (including phenoxy) is 5. The van der Waals surface area contributed by atoms with Gasteiger partial charge < -0.3 is 34.1 Å². The molecule has 0 aliphatic carbocycles. The first-order valence-corrected chi connectivity index (χ1v) is 9.16. The van der Waals surface area contributed by atoms with E-state index in [0.29, 0.717) is 0 Å². The van der Waals surface area contributed by atoms with Gasteiger partial charge in [-0.1, -0.05) is 0 Å². The number of aliphatic carboxylic acids is 1. The second-order valence-corrected chi connectivity index (χ2v) is 6.30. The number of carbonyl (C=O) groups excluding carboxylic acids is 4. The molecule has 2 unspecified atom stereocenters. The molecule has 0 aromatic carbocycles. The van der Waals surface area contributed by atoms with Crippen LogP contribution in [0.3, 0.4) is 0 Å². The van der Waals surface area contributed by atoms with Gasteiger partial charge in [0.1, 0.15) is 6.61 Å². The molecule has 0 fully saturated rings. The maximum Gasteiger partial charge on any atom is 0.305 e. The summed E-state index contributed by atoms with van der Waals surface area (Å²) in [4.78, 5) is 56.3. The third kappa shape index (κ3) is 13.4. The van der Waals surface area contributed by atoms with E-state index in [2.05, 4.69) is 5.32 Å². The Balaban J connectivity index is 5.60. The van der Waals surface area contributed by atoms with E-state index in [9.17, 15) is 24.0 Å². The van der Waals surface area contributed by atoms with Crippen molar-refractivity contribution in [2.24, 2.45) is 0 Å². The first-order chi connectivity index (χ1) is 13.9. The van der Waals surface area contributed by atoms with Crippen LogP contribution in [0.5, 0.6) is 0 Å². The maximum absolute atomic E-state index is 11.7. The van der Waals surface area contributed by atoms with Gasteiger partial charge in [-0.2, -0.15) is 0 Å². The van der Waals surface area contributed by atoms with Crippen LogP contribution in [-0.4, -0.2) is 72.8 Å². The highest BCUT2D eigenvalue weighted by atomic mass is 16.7. The molecule has 12 nitrogen and oxygen atoms in total. The topological polar surface area (TPSA) is 164 Å². The van der Waals surface area contributed by atoms with Crippen LogP contribution in [0.4, 0.5) is 0 Å². The lowest BCUT2D eigenvalue weighted by molar-refractivity contribution is -0.239. The molecule has 0 rings (SSSR count). The summed E-state index contributed by atoms with van der Waals surface area (Å²) in [5.41, 5.74) is 0. The van der Waals surface area contributed by atoms with Gasteiger partial charge in [-0.05, 0) is 13.3 Å². The molecule has 1 amide bonds. The Bertz CT molecular complexity index is 591. The van der Waals surface area contributed by atoms with Gasteiger partial charge in [0.05, 0.1) is 12.7 Å². The summed E-state index contributed by atoms with van der Waals surface area (Å²) in [5, 5.41) is 11.2. The summed E-state index contributed by atoms with van der Waals surface area (Å²) in [6, 6.07) is -1.29. The number of esters is 3. The van der Waals surface area contributed by atoms with Crippen molar-refractivity contribution in [3.8, 4) is 0 Å². The zero-order valence-corrected chi connectivity index (χ0v) is 17.7. The van der Waals surface area contributed by atoms with Crippen molar-refractivity contribution in [3.63, 3.8) is 0 Å². The smallest absolute Gasteiger partial charge is 0.305 e. The molecule has 0 saturated heterocycles. The Morgan fingerprint density at radius 3 is 1.90 bits per heavy atom. The molecule has 12 heteroatoms.